The highest BCUT2D eigenvalue weighted by Gasteiger charge is 2.13. The van der Waals surface area contributed by atoms with Crippen molar-refractivity contribution in [3.63, 3.8) is 0 Å². The molecule has 104 valence electrons. The molecule has 0 spiro atoms. The van der Waals surface area contributed by atoms with E-state index >= 15 is 0 Å². The number of ether oxygens (including phenoxy) is 1. The van der Waals surface area contributed by atoms with E-state index in [1.165, 1.54) is 6.92 Å². The Morgan fingerprint density at radius 1 is 1.47 bits per heavy atom. The number of benzene rings is 1. The lowest BCUT2D eigenvalue weighted by atomic mass is 10.2. The highest BCUT2D eigenvalue weighted by atomic mass is 79.9. The van der Waals surface area contributed by atoms with Crippen LogP contribution in [0, 0.1) is 0 Å². The molecule has 0 aromatic heterocycles. The first-order chi connectivity index (χ1) is 8.99. The molecule has 0 heterocycles. The van der Waals surface area contributed by atoms with Crippen LogP contribution in [0.5, 0.6) is 5.75 Å². The lowest BCUT2D eigenvalue weighted by molar-refractivity contribution is -0.141. The fourth-order valence-corrected chi connectivity index (χ4v) is 1.73. The van der Waals surface area contributed by atoms with E-state index in [1.807, 2.05) is 24.3 Å². The van der Waals surface area contributed by atoms with Gasteiger partial charge in [-0.05, 0) is 31.5 Å². The van der Waals surface area contributed by atoms with E-state index in [4.69, 9.17) is 9.84 Å². The Hall–Kier alpha value is -1.56. The lowest BCUT2D eigenvalue weighted by Crippen LogP contribution is -2.38. The van der Waals surface area contributed by atoms with Crippen LogP contribution in [-0.4, -0.2) is 29.6 Å². The third-order valence-electron chi connectivity index (χ3n) is 2.36. The molecule has 19 heavy (non-hydrogen) atoms. The van der Waals surface area contributed by atoms with Gasteiger partial charge in [0.05, 0.1) is 6.61 Å². The predicted octanol–water partition coefficient (Wildman–Crippen LogP) is 2.20. The van der Waals surface area contributed by atoms with Crippen molar-refractivity contribution in [3.05, 3.63) is 28.7 Å². The molecule has 1 aromatic rings. The number of carbonyl (C=O) groups is 2. The molecule has 0 bridgehead atoms. The van der Waals surface area contributed by atoms with Crippen LogP contribution >= 0.6 is 15.9 Å². The van der Waals surface area contributed by atoms with Gasteiger partial charge in [0.25, 0.3) is 0 Å². The Morgan fingerprint density at radius 3 is 2.84 bits per heavy atom. The summed E-state index contributed by atoms with van der Waals surface area (Å²) >= 11 is 3.34. The second-order valence-electron chi connectivity index (χ2n) is 4.04. The molecule has 1 atom stereocenters. The van der Waals surface area contributed by atoms with Gasteiger partial charge < -0.3 is 15.2 Å². The van der Waals surface area contributed by atoms with Crippen molar-refractivity contribution < 1.29 is 19.4 Å². The van der Waals surface area contributed by atoms with Crippen LogP contribution in [-0.2, 0) is 9.59 Å². The molecule has 5 nitrogen and oxygen atoms in total. The highest BCUT2D eigenvalue weighted by molar-refractivity contribution is 9.10. The van der Waals surface area contributed by atoms with Gasteiger partial charge in [0, 0.05) is 10.9 Å². The fourth-order valence-electron chi connectivity index (χ4n) is 1.35. The third kappa shape index (κ3) is 6.24. The van der Waals surface area contributed by atoms with E-state index in [9.17, 15) is 9.59 Å². The number of halogens is 1. The monoisotopic (exact) mass is 329 g/mol. The summed E-state index contributed by atoms with van der Waals surface area (Å²) in [4.78, 5) is 21.9. The van der Waals surface area contributed by atoms with Crippen LogP contribution in [0.2, 0.25) is 0 Å². The number of carboxylic acids is 1. The number of nitrogens with one attached hydrogen (secondary N) is 1. The zero-order chi connectivity index (χ0) is 14.3. The Balaban J connectivity index is 2.20. The van der Waals surface area contributed by atoms with Crippen LogP contribution < -0.4 is 10.1 Å². The van der Waals surface area contributed by atoms with Gasteiger partial charge in [0.15, 0.2) is 0 Å². The zero-order valence-electron chi connectivity index (χ0n) is 10.6. The number of carboxylic acid groups (broad SMARTS) is 1. The Bertz CT molecular complexity index is 450. The van der Waals surface area contributed by atoms with Gasteiger partial charge in [-0.2, -0.15) is 0 Å². The van der Waals surface area contributed by atoms with E-state index in [0.29, 0.717) is 13.0 Å². The molecule has 0 radical (unpaired) electrons. The molecule has 0 aliphatic carbocycles. The standard InChI is InChI=1S/C13H16BrNO4/c1-9(13(17)18)15-12(16)6-3-7-19-11-5-2-4-10(14)8-11/h2,4-5,8-9H,3,6-7H2,1H3,(H,15,16)(H,17,18)/t9-/m0/s1. The summed E-state index contributed by atoms with van der Waals surface area (Å²) in [6, 6.07) is 6.57. The fraction of sp³-hybridized carbons (Fsp3) is 0.385. The molecule has 0 unspecified atom stereocenters. The average Bonchev–Trinajstić information content (AvgIpc) is 2.34. The minimum Gasteiger partial charge on any atom is -0.494 e. The van der Waals surface area contributed by atoms with Crippen LogP contribution in [0.1, 0.15) is 19.8 Å². The van der Waals surface area contributed by atoms with E-state index in [2.05, 4.69) is 21.2 Å². The van der Waals surface area contributed by atoms with Crippen molar-refractivity contribution in [1.29, 1.82) is 0 Å². The Labute approximate surface area is 120 Å². The molecular weight excluding hydrogens is 314 g/mol. The highest BCUT2D eigenvalue weighted by Crippen LogP contribution is 2.17. The van der Waals surface area contributed by atoms with Crippen LogP contribution in [0.3, 0.4) is 0 Å². The van der Waals surface area contributed by atoms with E-state index < -0.39 is 12.0 Å². The van der Waals surface area contributed by atoms with Crippen molar-refractivity contribution >= 4 is 27.8 Å². The number of carbonyl (C=O) groups excluding carboxylic acids is 1. The van der Waals surface area contributed by atoms with E-state index in [1.54, 1.807) is 0 Å². The maximum atomic E-state index is 11.4. The van der Waals surface area contributed by atoms with Gasteiger partial charge in [0.2, 0.25) is 5.91 Å². The summed E-state index contributed by atoms with van der Waals surface area (Å²) in [5.74, 6) is -0.597. The first kappa shape index (κ1) is 15.5. The maximum absolute atomic E-state index is 11.4. The third-order valence-corrected chi connectivity index (χ3v) is 2.85. The lowest BCUT2D eigenvalue weighted by Gasteiger charge is -2.09. The number of rotatable bonds is 7. The molecule has 0 aliphatic heterocycles. The maximum Gasteiger partial charge on any atom is 0.325 e. The van der Waals surface area contributed by atoms with Crippen molar-refractivity contribution in [1.82, 2.24) is 5.32 Å². The van der Waals surface area contributed by atoms with Gasteiger partial charge in [-0.1, -0.05) is 22.0 Å². The largest absolute Gasteiger partial charge is 0.494 e. The number of aliphatic carboxylic acids is 1. The second-order valence-corrected chi connectivity index (χ2v) is 4.95. The van der Waals surface area contributed by atoms with Gasteiger partial charge in [-0.25, -0.2) is 0 Å². The number of hydrogen-bond acceptors (Lipinski definition) is 3. The molecule has 0 fully saturated rings. The Kier molecular flexibility index (Phi) is 6.35. The first-order valence-corrected chi connectivity index (χ1v) is 6.69. The first-order valence-electron chi connectivity index (χ1n) is 5.89. The molecule has 1 amide bonds. The smallest absolute Gasteiger partial charge is 0.325 e. The molecule has 0 saturated heterocycles. The van der Waals surface area contributed by atoms with Crippen LogP contribution in [0.25, 0.3) is 0 Å². The normalized spacial score (nSPS) is 11.7. The molecule has 1 aromatic carbocycles. The summed E-state index contributed by atoms with van der Waals surface area (Å²) in [7, 11) is 0. The van der Waals surface area contributed by atoms with Crippen molar-refractivity contribution in [2.24, 2.45) is 0 Å². The molecule has 0 saturated carbocycles. The van der Waals surface area contributed by atoms with Crippen LogP contribution in [0.4, 0.5) is 0 Å². The SMILES string of the molecule is C[C@H](NC(=O)CCCOc1cccc(Br)c1)C(=O)O. The van der Waals surface area contributed by atoms with E-state index in [-0.39, 0.29) is 12.3 Å². The van der Waals surface area contributed by atoms with Crippen LogP contribution in [0.15, 0.2) is 28.7 Å². The number of amides is 1. The summed E-state index contributed by atoms with van der Waals surface area (Å²) in [6.07, 6.45) is 0.774. The summed E-state index contributed by atoms with van der Waals surface area (Å²) in [6.45, 7) is 1.84. The predicted molar refractivity (Wildman–Crippen MR) is 74.1 cm³/mol. The second kappa shape index (κ2) is 7.78. The van der Waals surface area contributed by atoms with Crippen molar-refractivity contribution in [2.75, 3.05) is 6.61 Å². The average molecular weight is 330 g/mol. The summed E-state index contributed by atoms with van der Waals surface area (Å²) < 4.78 is 6.39. The van der Waals surface area contributed by atoms with Gasteiger partial charge in [-0.15, -0.1) is 0 Å². The molecular formula is C13H16BrNO4. The van der Waals surface area contributed by atoms with Gasteiger partial charge in [-0.3, -0.25) is 9.59 Å². The molecule has 2 N–H and O–H groups in total. The van der Waals surface area contributed by atoms with Crippen molar-refractivity contribution in [2.45, 2.75) is 25.8 Å². The van der Waals surface area contributed by atoms with Gasteiger partial charge >= 0.3 is 5.97 Å². The molecule has 0 aliphatic rings. The topological polar surface area (TPSA) is 75.6 Å². The van der Waals surface area contributed by atoms with Gasteiger partial charge in [0.1, 0.15) is 11.8 Å². The summed E-state index contributed by atoms with van der Waals surface area (Å²) in [5, 5.41) is 11.0. The minimum atomic E-state index is -1.04. The van der Waals surface area contributed by atoms with E-state index in [0.717, 1.165) is 10.2 Å². The molecule has 1 rings (SSSR count). The Morgan fingerprint density at radius 2 is 2.21 bits per heavy atom. The molecule has 6 heteroatoms. The minimum absolute atomic E-state index is 0.242. The number of hydrogen-bond donors (Lipinski definition) is 2. The quantitative estimate of drug-likeness (QED) is 0.752. The van der Waals surface area contributed by atoms with Crippen molar-refractivity contribution in [3.8, 4) is 5.75 Å². The zero-order valence-corrected chi connectivity index (χ0v) is 12.1. The summed E-state index contributed by atoms with van der Waals surface area (Å²) in [5.41, 5.74) is 0.